The molecule has 0 aliphatic heterocycles. The fraction of sp³-hybridized carbons (Fsp3) is 0.947. The molecule has 0 saturated heterocycles. The van der Waals surface area contributed by atoms with Gasteiger partial charge in [0, 0.05) is 47.3 Å². The highest BCUT2D eigenvalue weighted by Crippen LogP contribution is 2.70. The SMILES string of the molecule is C[C@]12CC[C@@H](O)C[C@@H]1CC[C@@H]1[C@@H]2CC[C@]2(C)C(=O)CC[C@@H]12.C[C@]12CC[C@@H](O)C[C@@H]1CC[C@@H]1[C@@H]2CC[C@]2(C)C(=O)CC[C@@H]12.C[C@]12CC[C@@H](O)C[C@@H]1CC[C@@H]1[C@@H]2CC[C@]2(C)C(=O)CC[C@@H]12.C[C@]12CC[C@@H](O)C[C@@H]1CC[C@@H]1[C@@H]2CC[C@]2(C)C(=O)CC[C@@H]12.S.S. The Hall–Kier alpha value is -0.780. The third-order valence-electron chi connectivity index (χ3n) is 33.4. The summed E-state index contributed by atoms with van der Waals surface area (Å²) in [5.41, 5.74) is 1.81. The van der Waals surface area contributed by atoms with Gasteiger partial charge in [0.2, 0.25) is 0 Å². The van der Waals surface area contributed by atoms with Gasteiger partial charge in [-0.05, 0) is 322 Å². The zero-order valence-corrected chi connectivity index (χ0v) is 57.4. The third-order valence-corrected chi connectivity index (χ3v) is 33.4. The molecular formula is C76H124O8S2. The lowest BCUT2D eigenvalue weighted by molar-refractivity contribution is -0.142. The number of Topliss-reactive ketones (excluding diaryl/α,β-unsaturated/α-hetero) is 4. The van der Waals surface area contributed by atoms with E-state index in [0.717, 1.165) is 199 Å². The van der Waals surface area contributed by atoms with E-state index in [4.69, 9.17) is 0 Å². The average Bonchev–Trinajstić information content (AvgIpc) is 1.77. The summed E-state index contributed by atoms with van der Waals surface area (Å²) in [7, 11) is 0. The van der Waals surface area contributed by atoms with Crippen LogP contribution in [-0.4, -0.2) is 68.0 Å². The number of hydrogen-bond donors (Lipinski definition) is 4. The molecule has 0 amide bonds. The van der Waals surface area contributed by atoms with E-state index in [-0.39, 0.29) is 73.1 Å². The standard InChI is InChI=1S/4C19H30O2.2H2S/c4*1-18-9-7-13(20)11-12(18)3-4-14-15-5-6-17(21)19(15,2)10-8-16(14)18;;/h4*12-16,20H,3-11H2,1-2H3;2*1H2/t4*12-,13+,14-,15-,16-,18-,19-;;/m0000../s1. The number of ketones is 4. The Morgan fingerprint density at radius 3 is 0.651 bits per heavy atom. The fourth-order valence-corrected chi connectivity index (χ4v) is 28.0. The molecular weight excluding hydrogens is 1100 g/mol. The predicted molar refractivity (Wildman–Crippen MR) is 352 cm³/mol. The van der Waals surface area contributed by atoms with Crippen LogP contribution in [-0.2, 0) is 19.2 Å². The summed E-state index contributed by atoms with van der Waals surface area (Å²) >= 11 is 0. The molecule has 0 aromatic heterocycles. The molecule has 16 saturated carbocycles. The minimum Gasteiger partial charge on any atom is -0.393 e. The normalized spacial score (nSPS) is 55.2. The molecule has 0 unspecified atom stereocenters. The average molecular weight is 1230 g/mol. The van der Waals surface area contributed by atoms with Gasteiger partial charge in [-0.25, -0.2) is 0 Å². The fourth-order valence-electron chi connectivity index (χ4n) is 28.0. The number of fused-ring (bicyclic) bond motifs is 20. The highest BCUT2D eigenvalue weighted by molar-refractivity contribution is 7.59. The van der Waals surface area contributed by atoms with Crippen molar-refractivity contribution in [2.45, 2.75) is 311 Å². The van der Waals surface area contributed by atoms with Crippen molar-refractivity contribution in [2.75, 3.05) is 0 Å². The van der Waals surface area contributed by atoms with Crippen LogP contribution in [0.5, 0.6) is 0 Å². The Bertz CT molecular complexity index is 2180. The van der Waals surface area contributed by atoms with Gasteiger partial charge in [0.15, 0.2) is 0 Å². The second kappa shape index (κ2) is 24.2. The van der Waals surface area contributed by atoms with Crippen LogP contribution in [0.4, 0.5) is 0 Å². The van der Waals surface area contributed by atoms with Crippen LogP contribution in [0.1, 0.15) is 287 Å². The molecule has 28 atom stereocenters. The van der Waals surface area contributed by atoms with E-state index in [0.29, 0.717) is 68.5 Å². The van der Waals surface area contributed by atoms with Crippen molar-refractivity contribution in [3.63, 3.8) is 0 Å². The number of carbonyl (C=O) groups excluding carboxylic acids is 4. The minimum absolute atomic E-state index is 0. The quantitative estimate of drug-likeness (QED) is 0.187. The molecule has 0 spiro atoms. The first-order chi connectivity index (χ1) is 39.8. The molecule has 16 rings (SSSR count). The second-order valence-corrected chi connectivity index (χ2v) is 36.0. The van der Waals surface area contributed by atoms with Crippen LogP contribution >= 0.6 is 27.0 Å². The summed E-state index contributed by atoms with van der Waals surface area (Å²) in [5, 5.41) is 40.2. The van der Waals surface area contributed by atoms with Crippen molar-refractivity contribution in [3.05, 3.63) is 0 Å². The molecule has 0 aromatic rings. The van der Waals surface area contributed by atoms with Crippen molar-refractivity contribution in [1.29, 1.82) is 0 Å². The second-order valence-electron chi connectivity index (χ2n) is 36.0. The molecule has 0 heterocycles. The van der Waals surface area contributed by atoms with Gasteiger partial charge in [0.05, 0.1) is 24.4 Å². The van der Waals surface area contributed by atoms with E-state index in [9.17, 15) is 39.6 Å². The summed E-state index contributed by atoms with van der Waals surface area (Å²) in [6.45, 7) is 19.1. The van der Waals surface area contributed by atoms with Crippen molar-refractivity contribution < 1.29 is 39.6 Å². The van der Waals surface area contributed by atoms with E-state index >= 15 is 0 Å². The smallest absolute Gasteiger partial charge is 0.139 e. The Labute approximate surface area is 535 Å². The Balaban J connectivity index is 0.000000118. The number of aliphatic hydroxyl groups excluding tert-OH is 4. The van der Waals surface area contributed by atoms with E-state index < -0.39 is 0 Å². The molecule has 16 aliphatic carbocycles. The van der Waals surface area contributed by atoms with Gasteiger partial charge in [-0.2, -0.15) is 27.0 Å². The molecule has 16 aliphatic rings. The van der Waals surface area contributed by atoms with Gasteiger partial charge in [-0.15, -0.1) is 0 Å². The summed E-state index contributed by atoms with van der Waals surface area (Å²) < 4.78 is 0. The van der Waals surface area contributed by atoms with Gasteiger partial charge in [-0.1, -0.05) is 55.4 Å². The van der Waals surface area contributed by atoms with Crippen LogP contribution in [0.2, 0.25) is 0 Å². The van der Waals surface area contributed by atoms with Gasteiger partial charge < -0.3 is 20.4 Å². The summed E-state index contributed by atoms with van der Waals surface area (Å²) in [6.07, 6.45) is 40.6. The topological polar surface area (TPSA) is 149 Å². The molecule has 0 aromatic carbocycles. The van der Waals surface area contributed by atoms with Crippen LogP contribution in [0.15, 0.2) is 0 Å². The van der Waals surface area contributed by atoms with Crippen LogP contribution in [0.3, 0.4) is 0 Å². The van der Waals surface area contributed by atoms with E-state index in [1.165, 1.54) is 103 Å². The van der Waals surface area contributed by atoms with Crippen molar-refractivity contribution in [1.82, 2.24) is 0 Å². The summed E-state index contributed by atoms with van der Waals surface area (Å²) in [6, 6.07) is 0. The van der Waals surface area contributed by atoms with Crippen molar-refractivity contribution in [3.8, 4) is 0 Å². The maximum atomic E-state index is 12.4. The summed E-state index contributed by atoms with van der Waals surface area (Å²) in [5.74, 6) is 14.1. The maximum Gasteiger partial charge on any atom is 0.139 e. The lowest BCUT2D eigenvalue weighted by Crippen LogP contribution is -2.54. The lowest BCUT2D eigenvalue weighted by atomic mass is 9.45. The number of rotatable bonds is 0. The first kappa shape index (κ1) is 66.7. The Morgan fingerprint density at radius 1 is 0.256 bits per heavy atom. The van der Waals surface area contributed by atoms with Crippen molar-refractivity contribution in [2.24, 2.45) is 138 Å². The van der Waals surface area contributed by atoms with E-state index in [2.05, 4.69) is 55.4 Å². The minimum atomic E-state index is -0.0541. The van der Waals surface area contributed by atoms with Crippen LogP contribution < -0.4 is 0 Å². The first-order valence-corrected chi connectivity index (χ1v) is 36.7. The zero-order chi connectivity index (χ0) is 59.3. The molecule has 16 fully saturated rings. The molecule has 0 radical (unpaired) electrons. The van der Waals surface area contributed by atoms with Crippen LogP contribution in [0, 0.1) is 138 Å². The molecule has 4 N–H and O–H groups in total. The third kappa shape index (κ3) is 10.5. The Morgan fingerprint density at radius 2 is 0.453 bits per heavy atom. The molecule has 86 heavy (non-hydrogen) atoms. The van der Waals surface area contributed by atoms with Crippen LogP contribution in [0.25, 0.3) is 0 Å². The Kier molecular flexibility index (Phi) is 18.8. The monoisotopic (exact) mass is 1230 g/mol. The highest BCUT2D eigenvalue weighted by atomic mass is 32.1. The zero-order valence-electron chi connectivity index (χ0n) is 55.4. The first-order valence-electron chi connectivity index (χ1n) is 36.7. The molecule has 8 nitrogen and oxygen atoms in total. The molecule has 488 valence electrons. The predicted octanol–water partition coefficient (Wildman–Crippen LogP) is 16.1. The van der Waals surface area contributed by atoms with E-state index in [1.54, 1.807) is 0 Å². The number of carbonyl (C=O) groups is 4. The van der Waals surface area contributed by atoms with Crippen molar-refractivity contribution >= 4 is 50.1 Å². The van der Waals surface area contributed by atoms with Gasteiger partial charge >= 0.3 is 0 Å². The number of hydrogen-bond acceptors (Lipinski definition) is 8. The van der Waals surface area contributed by atoms with Gasteiger partial charge in [-0.3, -0.25) is 19.2 Å². The summed E-state index contributed by atoms with van der Waals surface area (Å²) in [4.78, 5) is 49.5. The van der Waals surface area contributed by atoms with E-state index in [1.807, 2.05) is 0 Å². The largest absolute Gasteiger partial charge is 0.393 e. The highest BCUT2D eigenvalue weighted by Gasteiger charge is 2.65. The molecule has 0 bridgehead atoms. The number of aliphatic hydroxyl groups is 4. The maximum absolute atomic E-state index is 12.4. The molecule has 10 heteroatoms. The van der Waals surface area contributed by atoms with Gasteiger partial charge in [0.25, 0.3) is 0 Å². The van der Waals surface area contributed by atoms with Gasteiger partial charge in [0.1, 0.15) is 23.1 Å². The lowest BCUT2D eigenvalue weighted by Gasteiger charge is -2.60.